The number of nitrogens with zero attached hydrogens (tertiary/aromatic N) is 2. The lowest BCUT2D eigenvalue weighted by Gasteiger charge is -2.36. The predicted molar refractivity (Wildman–Crippen MR) is 84.4 cm³/mol. The number of hydrogen-bond acceptors (Lipinski definition) is 3. The number of piperidine rings is 1. The molecule has 1 heterocycles. The minimum Gasteiger partial charge on any atom is -0.320 e. The van der Waals surface area contributed by atoms with Gasteiger partial charge in [-0.15, -0.1) is 0 Å². The molecule has 1 aromatic carbocycles. The first-order valence-electron chi connectivity index (χ1n) is 7.35. The second-order valence-electron chi connectivity index (χ2n) is 5.70. The van der Waals surface area contributed by atoms with Crippen molar-refractivity contribution in [2.24, 2.45) is 5.73 Å². The van der Waals surface area contributed by atoms with E-state index in [9.17, 15) is 0 Å². The molecule has 2 rings (SSSR count). The van der Waals surface area contributed by atoms with Gasteiger partial charge in [0.1, 0.15) is 0 Å². The number of benzene rings is 1. The first kappa shape index (κ1) is 15.1. The van der Waals surface area contributed by atoms with Gasteiger partial charge in [-0.25, -0.2) is 0 Å². The standard InChI is InChI=1S/C17H25N3/c1-19(2)17-6-4-12-20(14-17)13-16-9-7-15(8-10-16)5-3-11-18/h7-10,17H,4,6,11-14,18H2,1-2H3. The molecule has 3 heteroatoms. The van der Waals surface area contributed by atoms with E-state index in [4.69, 9.17) is 5.73 Å². The summed E-state index contributed by atoms with van der Waals surface area (Å²) in [6.45, 7) is 3.83. The Hall–Kier alpha value is -1.34. The van der Waals surface area contributed by atoms with Gasteiger partial charge >= 0.3 is 0 Å². The van der Waals surface area contributed by atoms with Crippen LogP contribution in [0, 0.1) is 11.8 Å². The molecule has 0 aliphatic carbocycles. The second kappa shape index (κ2) is 7.44. The van der Waals surface area contributed by atoms with Crippen molar-refractivity contribution in [2.45, 2.75) is 25.4 Å². The van der Waals surface area contributed by atoms with Gasteiger partial charge in [-0.2, -0.15) is 0 Å². The van der Waals surface area contributed by atoms with Gasteiger partial charge in [0.15, 0.2) is 0 Å². The second-order valence-corrected chi connectivity index (χ2v) is 5.70. The topological polar surface area (TPSA) is 32.5 Å². The molecule has 1 aliphatic rings. The van der Waals surface area contributed by atoms with E-state index in [1.54, 1.807) is 0 Å². The van der Waals surface area contributed by atoms with Gasteiger partial charge in [0.25, 0.3) is 0 Å². The van der Waals surface area contributed by atoms with Crippen LogP contribution in [-0.4, -0.2) is 49.6 Å². The third-order valence-electron chi connectivity index (χ3n) is 3.91. The van der Waals surface area contributed by atoms with Gasteiger partial charge in [0.2, 0.25) is 0 Å². The van der Waals surface area contributed by atoms with Crippen LogP contribution in [0.1, 0.15) is 24.0 Å². The van der Waals surface area contributed by atoms with Crippen LogP contribution in [-0.2, 0) is 6.54 Å². The van der Waals surface area contributed by atoms with Crippen molar-refractivity contribution in [3.63, 3.8) is 0 Å². The molecule has 108 valence electrons. The molecule has 2 N–H and O–H groups in total. The minimum absolute atomic E-state index is 0.418. The Morgan fingerprint density at radius 2 is 2.05 bits per heavy atom. The average molecular weight is 271 g/mol. The van der Waals surface area contributed by atoms with Crippen LogP contribution < -0.4 is 5.73 Å². The lowest BCUT2D eigenvalue weighted by molar-refractivity contribution is 0.128. The molecule has 0 amide bonds. The summed E-state index contributed by atoms with van der Waals surface area (Å²) in [5, 5.41) is 0. The van der Waals surface area contributed by atoms with Crippen molar-refractivity contribution in [3.8, 4) is 11.8 Å². The summed E-state index contributed by atoms with van der Waals surface area (Å²) in [5.74, 6) is 5.95. The maximum atomic E-state index is 5.38. The Bertz CT molecular complexity index is 467. The Morgan fingerprint density at radius 1 is 1.30 bits per heavy atom. The molecule has 0 radical (unpaired) electrons. The quantitative estimate of drug-likeness (QED) is 0.846. The molecule has 1 aromatic rings. The summed E-state index contributed by atoms with van der Waals surface area (Å²) in [6, 6.07) is 9.23. The van der Waals surface area contributed by atoms with E-state index >= 15 is 0 Å². The molecular weight excluding hydrogens is 246 g/mol. The average Bonchev–Trinajstić information content (AvgIpc) is 2.47. The summed E-state index contributed by atoms with van der Waals surface area (Å²) < 4.78 is 0. The number of likely N-dealkylation sites (tertiary alicyclic amines) is 1. The fourth-order valence-corrected chi connectivity index (χ4v) is 2.70. The molecule has 20 heavy (non-hydrogen) atoms. The highest BCUT2D eigenvalue weighted by Gasteiger charge is 2.21. The first-order chi connectivity index (χ1) is 9.69. The van der Waals surface area contributed by atoms with Gasteiger partial charge in [-0.3, -0.25) is 4.90 Å². The molecule has 0 saturated carbocycles. The van der Waals surface area contributed by atoms with E-state index in [0.717, 1.165) is 12.1 Å². The largest absolute Gasteiger partial charge is 0.320 e. The molecule has 1 unspecified atom stereocenters. The van der Waals surface area contributed by atoms with Crippen molar-refractivity contribution in [2.75, 3.05) is 33.7 Å². The zero-order chi connectivity index (χ0) is 14.4. The van der Waals surface area contributed by atoms with Gasteiger partial charge in [-0.05, 0) is 51.2 Å². The lowest BCUT2D eigenvalue weighted by Crippen LogP contribution is -2.44. The Balaban J connectivity index is 1.92. The molecule has 3 nitrogen and oxygen atoms in total. The van der Waals surface area contributed by atoms with Crippen LogP contribution >= 0.6 is 0 Å². The highest BCUT2D eigenvalue weighted by atomic mass is 15.2. The van der Waals surface area contributed by atoms with Gasteiger partial charge in [0.05, 0.1) is 6.54 Å². The van der Waals surface area contributed by atoms with Crippen LogP contribution in [0.5, 0.6) is 0 Å². The maximum absolute atomic E-state index is 5.38. The van der Waals surface area contributed by atoms with Crippen LogP contribution in [0.4, 0.5) is 0 Å². The fraction of sp³-hybridized carbons (Fsp3) is 0.529. The smallest absolute Gasteiger partial charge is 0.0555 e. The van der Waals surface area contributed by atoms with Crippen LogP contribution in [0.2, 0.25) is 0 Å². The molecule has 1 saturated heterocycles. The monoisotopic (exact) mass is 271 g/mol. The molecular formula is C17H25N3. The third kappa shape index (κ3) is 4.35. The molecule has 1 aliphatic heterocycles. The highest BCUT2D eigenvalue weighted by Crippen LogP contribution is 2.16. The minimum atomic E-state index is 0.418. The Kier molecular flexibility index (Phi) is 5.60. The van der Waals surface area contributed by atoms with Crippen LogP contribution in [0.3, 0.4) is 0 Å². The summed E-state index contributed by atoms with van der Waals surface area (Å²) in [7, 11) is 4.36. The number of hydrogen-bond donors (Lipinski definition) is 1. The lowest BCUT2D eigenvalue weighted by atomic mass is 10.0. The van der Waals surface area contributed by atoms with E-state index in [-0.39, 0.29) is 0 Å². The molecule has 0 aromatic heterocycles. The van der Waals surface area contributed by atoms with E-state index in [0.29, 0.717) is 12.6 Å². The van der Waals surface area contributed by atoms with E-state index < -0.39 is 0 Å². The molecule has 0 spiro atoms. The van der Waals surface area contributed by atoms with E-state index in [2.05, 4.69) is 60.0 Å². The summed E-state index contributed by atoms with van der Waals surface area (Å²) in [4.78, 5) is 4.90. The Labute approximate surface area is 122 Å². The van der Waals surface area contributed by atoms with Gasteiger partial charge in [0, 0.05) is 24.7 Å². The maximum Gasteiger partial charge on any atom is 0.0555 e. The highest BCUT2D eigenvalue weighted by molar-refractivity contribution is 5.36. The first-order valence-corrected chi connectivity index (χ1v) is 7.35. The third-order valence-corrected chi connectivity index (χ3v) is 3.91. The van der Waals surface area contributed by atoms with Crippen LogP contribution in [0.25, 0.3) is 0 Å². The van der Waals surface area contributed by atoms with Crippen molar-refractivity contribution < 1.29 is 0 Å². The SMILES string of the molecule is CN(C)C1CCCN(Cc2ccc(C#CCN)cc2)C1. The van der Waals surface area contributed by atoms with E-state index in [1.165, 1.54) is 31.5 Å². The van der Waals surface area contributed by atoms with Gasteiger partial charge < -0.3 is 10.6 Å². The summed E-state index contributed by atoms with van der Waals surface area (Å²) in [5.41, 5.74) is 7.79. The fourth-order valence-electron chi connectivity index (χ4n) is 2.70. The van der Waals surface area contributed by atoms with Crippen LogP contribution in [0.15, 0.2) is 24.3 Å². The summed E-state index contributed by atoms with van der Waals surface area (Å²) in [6.07, 6.45) is 2.61. The molecule has 0 bridgehead atoms. The number of likely N-dealkylation sites (N-methyl/N-ethyl adjacent to an activating group) is 1. The number of rotatable bonds is 3. The van der Waals surface area contributed by atoms with Crippen molar-refractivity contribution in [3.05, 3.63) is 35.4 Å². The normalized spacial score (nSPS) is 19.7. The van der Waals surface area contributed by atoms with E-state index in [1.807, 2.05) is 0 Å². The predicted octanol–water partition coefficient (Wildman–Crippen LogP) is 1.52. The summed E-state index contributed by atoms with van der Waals surface area (Å²) >= 11 is 0. The zero-order valence-electron chi connectivity index (χ0n) is 12.6. The van der Waals surface area contributed by atoms with Gasteiger partial charge in [-0.1, -0.05) is 24.0 Å². The number of nitrogens with two attached hydrogens (primary N) is 1. The Morgan fingerprint density at radius 3 is 2.70 bits per heavy atom. The molecule has 1 atom stereocenters. The van der Waals surface area contributed by atoms with Crippen molar-refractivity contribution in [1.29, 1.82) is 0 Å². The zero-order valence-corrected chi connectivity index (χ0v) is 12.6. The molecule has 1 fully saturated rings. The van der Waals surface area contributed by atoms with Crippen molar-refractivity contribution >= 4 is 0 Å². The van der Waals surface area contributed by atoms with Crippen molar-refractivity contribution in [1.82, 2.24) is 9.80 Å².